The Kier molecular flexibility index (Phi) is 31.1. The van der Waals surface area contributed by atoms with Crippen LogP contribution in [0.5, 0.6) is 0 Å². The summed E-state index contributed by atoms with van der Waals surface area (Å²) >= 11 is 0. The standard InChI is InChI=1S/C9H7N.6CH2O3/c1-2-6-9-8(4-1)5-3-7-10-9;6*2-1(3)4/h1-7H;6*(H2,2,3,4). The Hall–Kier alpha value is -5.75. The highest BCUT2D eigenvalue weighted by atomic mass is 16.6. The molecule has 0 aliphatic heterocycles. The third-order valence-electron chi connectivity index (χ3n) is 1.51. The summed E-state index contributed by atoms with van der Waals surface area (Å²) in [6.07, 6.45) is -9.19. The maximum Gasteiger partial charge on any atom is 0.503 e. The van der Waals surface area contributed by atoms with Crippen LogP contribution < -0.4 is 0 Å². The van der Waals surface area contributed by atoms with Crippen LogP contribution in [0.25, 0.3) is 10.9 Å². The molecule has 19 nitrogen and oxygen atoms in total. The van der Waals surface area contributed by atoms with Crippen molar-refractivity contribution in [3.05, 3.63) is 42.6 Å². The average Bonchev–Trinajstić information content (AvgIpc) is 2.59. The SMILES string of the molecule is O=C(O)O.O=C(O)O.O=C(O)O.O=C(O)O.O=C(O)O.O=C(O)O.c1ccc2ncccc2c1. The van der Waals surface area contributed by atoms with E-state index in [2.05, 4.69) is 17.1 Å². The second-order valence-corrected chi connectivity index (χ2v) is 3.89. The number of rotatable bonds is 0. The number of carboxylic acid groups (broad SMARTS) is 12. The molecule has 0 atom stereocenters. The predicted molar refractivity (Wildman–Crippen MR) is 106 cm³/mol. The summed E-state index contributed by atoms with van der Waals surface area (Å²) in [6.45, 7) is 0. The smallest absolute Gasteiger partial charge is 0.450 e. The zero-order valence-corrected chi connectivity index (χ0v) is 16.3. The number of carbonyl (C=O) groups is 6. The Morgan fingerprint density at radius 3 is 0.941 bits per heavy atom. The Morgan fingerprint density at radius 2 is 0.676 bits per heavy atom. The first-order chi connectivity index (χ1) is 15.4. The molecule has 1 aromatic carbocycles. The maximum atomic E-state index is 8.56. The summed E-state index contributed by atoms with van der Waals surface area (Å²) in [5, 5.41) is 84.9. The number of nitrogens with zero attached hydrogens (tertiary/aromatic N) is 1. The first kappa shape index (κ1) is 38.8. The van der Waals surface area contributed by atoms with Gasteiger partial charge in [-0.15, -0.1) is 0 Å². The second-order valence-electron chi connectivity index (χ2n) is 3.89. The quantitative estimate of drug-likeness (QED) is 0.245. The lowest BCUT2D eigenvalue weighted by Crippen LogP contribution is -1.81. The average molecular weight is 501 g/mol. The lowest BCUT2D eigenvalue weighted by Gasteiger charge is -1.91. The van der Waals surface area contributed by atoms with Crippen LogP contribution in [0.3, 0.4) is 0 Å². The van der Waals surface area contributed by atoms with E-state index >= 15 is 0 Å². The molecule has 2 rings (SSSR count). The molecule has 0 aliphatic carbocycles. The number of benzene rings is 1. The highest BCUT2D eigenvalue weighted by Crippen LogP contribution is 2.07. The number of pyridine rings is 1. The molecule has 0 unspecified atom stereocenters. The van der Waals surface area contributed by atoms with E-state index in [9.17, 15) is 0 Å². The molecule has 12 N–H and O–H groups in total. The summed E-state index contributed by atoms with van der Waals surface area (Å²) in [4.78, 5) is 55.5. The minimum Gasteiger partial charge on any atom is -0.450 e. The molecule has 0 bridgehead atoms. The monoisotopic (exact) mass is 501 g/mol. The van der Waals surface area contributed by atoms with E-state index in [4.69, 9.17) is 90.0 Å². The summed E-state index contributed by atoms with van der Waals surface area (Å²) in [6, 6.07) is 12.1. The summed E-state index contributed by atoms with van der Waals surface area (Å²) in [5.74, 6) is 0. The van der Waals surface area contributed by atoms with Crippen molar-refractivity contribution in [3.8, 4) is 0 Å². The molecule has 19 heteroatoms. The van der Waals surface area contributed by atoms with Crippen molar-refractivity contribution in [1.82, 2.24) is 4.98 Å². The highest BCUT2D eigenvalue weighted by Gasteiger charge is 1.86. The molecule has 1 aromatic heterocycles. The van der Waals surface area contributed by atoms with Gasteiger partial charge in [0.1, 0.15) is 0 Å². The molecule has 0 radical (unpaired) electrons. The van der Waals surface area contributed by atoms with E-state index in [-0.39, 0.29) is 0 Å². The van der Waals surface area contributed by atoms with Gasteiger partial charge in [-0.3, -0.25) is 4.98 Å². The molecule has 0 saturated heterocycles. The lowest BCUT2D eigenvalue weighted by atomic mass is 10.2. The molecule has 0 spiro atoms. The first-order valence-electron chi connectivity index (χ1n) is 7.17. The van der Waals surface area contributed by atoms with Gasteiger partial charge in [-0.2, -0.15) is 0 Å². The number of aromatic nitrogens is 1. The Bertz CT molecular complexity index is 685. The number of fused-ring (bicyclic) bond motifs is 1. The van der Waals surface area contributed by atoms with Crippen LogP contribution in [0.15, 0.2) is 42.6 Å². The fourth-order valence-corrected chi connectivity index (χ4v) is 1.02. The fraction of sp³-hybridized carbons (Fsp3) is 0. The van der Waals surface area contributed by atoms with Crippen LogP contribution in [0.2, 0.25) is 0 Å². The van der Waals surface area contributed by atoms with Gasteiger partial charge in [0.15, 0.2) is 0 Å². The molecule has 0 amide bonds. The van der Waals surface area contributed by atoms with Gasteiger partial charge in [0.2, 0.25) is 0 Å². The van der Waals surface area contributed by atoms with E-state index in [1.165, 1.54) is 5.39 Å². The van der Waals surface area contributed by atoms with Gasteiger partial charge in [-0.1, -0.05) is 24.3 Å². The first-order valence-corrected chi connectivity index (χ1v) is 7.17. The van der Waals surface area contributed by atoms with Crippen LogP contribution in [0.4, 0.5) is 28.8 Å². The van der Waals surface area contributed by atoms with E-state index < -0.39 is 36.9 Å². The van der Waals surface area contributed by atoms with E-state index in [0.29, 0.717) is 0 Å². The lowest BCUT2D eigenvalue weighted by molar-refractivity contribution is 0.135. The largest absolute Gasteiger partial charge is 0.503 e. The zero-order chi connectivity index (χ0) is 28.3. The minimum atomic E-state index is -1.83. The van der Waals surface area contributed by atoms with Gasteiger partial charge in [0.25, 0.3) is 0 Å². The third kappa shape index (κ3) is 112. The van der Waals surface area contributed by atoms with Crippen molar-refractivity contribution in [2.45, 2.75) is 0 Å². The molecule has 0 saturated carbocycles. The number of para-hydroxylation sites is 1. The van der Waals surface area contributed by atoms with E-state index in [0.717, 1.165) is 5.52 Å². The molecule has 192 valence electrons. The molecule has 2 aromatic rings. The summed E-state index contributed by atoms with van der Waals surface area (Å²) in [7, 11) is 0. The van der Waals surface area contributed by atoms with Crippen LogP contribution >= 0.6 is 0 Å². The van der Waals surface area contributed by atoms with Crippen molar-refractivity contribution in [3.63, 3.8) is 0 Å². The van der Waals surface area contributed by atoms with E-state index in [1.54, 1.807) is 0 Å². The van der Waals surface area contributed by atoms with Crippen molar-refractivity contribution in [2.75, 3.05) is 0 Å². The predicted octanol–water partition coefficient (Wildman–Crippen LogP) is 3.57. The maximum absolute atomic E-state index is 8.56. The van der Waals surface area contributed by atoms with Crippen LogP contribution in [-0.2, 0) is 0 Å². The second kappa shape index (κ2) is 27.2. The zero-order valence-electron chi connectivity index (χ0n) is 16.3. The number of hydrogen-bond donors (Lipinski definition) is 12. The van der Waals surface area contributed by atoms with Gasteiger partial charge < -0.3 is 61.3 Å². The summed E-state index contributed by atoms with van der Waals surface area (Å²) in [5.41, 5.74) is 1.06. The van der Waals surface area contributed by atoms with Crippen molar-refractivity contribution in [2.24, 2.45) is 0 Å². The molecule has 1 heterocycles. The topological polar surface area (TPSA) is 358 Å². The van der Waals surface area contributed by atoms with Gasteiger partial charge in [-0.25, -0.2) is 28.8 Å². The normalized spacial score (nSPS) is 7.18. The van der Waals surface area contributed by atoms with Crippen molar-refractivity contribution < 1.29 is 90.0 Å². The Labute approximate surface area is 186 Å². The molecule has 34 heavy (non-hydrogen) atoms. The van der Waals surface area contributed by atoms with Crippen LogP contribution in [0, 0.1) is 0 Å². The van der Waals surface area contributed by atoms with Crippen LogP contribution in [-0.4, -0.2) is 103 Å². The van der Waals surface area contributed by atoms with Gasteiger partial charge in [0, 0.05) is 11.6 Å². The van der Waals surface area contributed by atoms with E-state index in [1.807, 2.05) is 30.5 Å². The Balaban J connectivity index is -0.000000102. The molecular formula is C15H19NO18. The fourth-order valence-electron chi connectivity index (χ4n) is 1.02. The number of hydrogen-bond acceptors (Lipinski definition) is 7. The van der Waals surface area contributed by atoms with Crippen molar-refractivity contribution >= 4 is 47.8 Å². The highest BCUT2D eigenvalue weighted by molar-refractivity contribution is 5.77. The third-order valence-corrected chi connectivity index (χ3v) is 1.51. The Morgan fingerprint density at radius 1 is 0.441 bits per heavy atom. The summed E-state index contributed by atoms with van der Waals surface area (Å²) < 4.78 is 0. The molecule has 0 aliphatic rings. The van der Waals surface area contributed by atoms with Gasteiger partial charge in [0.05, 0.1) is 5.52 Å². The van der Waals surface area contributed by atoms with Gasteiger partial charge in [-0.05, 0) is 12.1 Å². The van der Waals surface area contributed by atoms with Crippen molar-refractivity contribution in [1.29, 1.82) is 0 Å². The van der Waals surface area contributed by atoms with Crippen LogP contribution in [0.1, 0.15) is 0 Å². The molecular weight excluding hydrogens is 482 g/mol. The van der Waals surface area contributed by atoms with Gasteiger partial charge >= 0.3 is 36.9 Å². The minimum absolute atomic E-state index is 1.06. The molecule has 0 fully saturated rings.